The van der Waals surface area contributed by atoms with E-state index in [1.165, 1.54) is 12.3 Å². The van der Waals surface area contributed by atoms with Gasteiger partial charge in [-0.25, -0.2) is 0 Å². The number of hydrogen-bond donors (Lipinski definition) is 0. The zero-order valence-electron chi connectivity index (χ0n) is 4.69. The van der Waals surface area contributed by atoms with E-state index in [1.807, 2.05) is 0 Å². The third-order valence-electron chi connectivity index (χ3n) is 0.645. The van der Waals surface area contributed by atoms with Gasteiger partial charge in [-0.2, -0.15) is 0 Å². The average Bonchev–Trinajstić information content (AvgIpc) is 1.90. The zero-order chi connectivity index (χ0) is 5.82. The van der Waals surface area contributed by atoms with Gasteiger partial charge in [-0.1, -0.05) is 0 Å². The van der Waals surface area contributed by atoms with Crippen LogP contribution in [0.1, 0.15) is 10.5 Å². The molecular formula is C4H3N3OZn. The van der Waals surface area contributed by atoms with Crippen molar-refractivity contribution in [2.45, 2.75) is 0 Å². The van der Waals surface area contributed by atoms with Gasteiger partial charge in [0, 0.05) is 19.5 Å². The van der Waals surface area contributed by atoms with Crippen LogP contribution in [0.25, 0.3) is 0 Å². The van der Waals surface area contributed by atoms with Crippen molar-refractivity contribution in [3.05, 3.63) is 18.0 Å². The molecule has 0 saturated carbocycles. The third kappa shape index (κ3) is 2.37. The number of nitrogens with zero attached hydrogens (tertiary/aromatic N) is 3. The Hall–Kier alpha value is -0.697. The molecule has 42 valence electrons. The fraction of sp³-hybridized carbons (Fsp3) is 0. The van der Waals surface area contributed by atoms with Crippen LogP contribution in [-0.2, 0) is 19.5 Å². The molecule has 1 rings (SSSR count). The molecule has 1 aromatic heterocycles. The molecule has 1 heterocycles. The number of carbonyl (C=O) groups excluding carboxylic acids is 1. The first-order valence-electron chi connectivity index (χ1n) is 2.03. The van der Waals surface area contributed by atoms with Crippen molar-refractivity contribution in [2.24, 2.45) is 0 Å². The first-order valence-corrected chi connectivity index (χ1v) is 2.03. The average molecular weight is 174 g/mol. The van der Waals surface area contributed by atoms with Gasteiger partial charge in [0.1, 0.15) is 5.69 Å². The number of rotatable bonds is 1. The van der Waals surface area contributed by atoms with Crippen LogP contribution in [0.5, 0.6) is 0 Å². The topological polar surface area (TPSA) is 55.7 Å². The largest absolute Gasteiger partial charge is 0.296 e. The normalized spacial score (nSPS) is 7.56. The Labute approximate surface area is 64.4 Å². The Morgan fingerprint density at radius 3 is 2.67 bits per heavy atom. The van der Waals surface area contributed by atoms with Crippen LogP contribution in [0.4, 0.5) is 0 Å². The van der Waals surface area contributed by atoms with E-state index in [0.29, 0.717) is 12.0 Å². The van der Waals surface area contributed by atoms with Gasteiger partial charge >= 0.3 is 0 Å². The van der Waals surface area contributed by atoms with Crippen LogP contribution in [-0.4, -0.2) is 21.7 Å². The maximum Gasteiger partial charge on any atom is 0.170 e. The smallest absolute Gasteiger partial charge is 0.170 e. The Bertz CT molecular complexity index is 178. The minimum atomic E-state index is 0. The minimum Gasteiger partial charge on any atom is -0.296 e. The minimum absolute atomic E-state index is 0. The monoisotopic (exact) mass is 173 g/mol. The van der Waals surface area contributed by atoms with Crippen molar-refractivity contribution >= 4 is 6.29 Å². The summed E-state index contributed by atoms with van der Waals surface area (Å²) in [5.74, 6) is 0. The Morgan fingerprint density at radius 2 is 2.33 bits per heavy atom. The summed E-state index contributed by atoms with van der Waals surface area (Å²) in [5.41, 5.74) is 0.306. The molecule has 4 nitrogen and oxygen atoms in total. The van der Waals surface area contributed by atoms with Crippen LogP contribution in [0.3, 0.4) is 0 Å². The van der Waals surface area contributed by atoms with E-state index in [-0.39, 0.29) is 19.5 Å². The zero-order valence-corrected chi connectivity index (χ0v) is 7.66. The van der Waals surface area contributed by atoms with Crippen LogP contribution < -0.4 is 0 Å². The van der Waals surface area contributed by atoms with Gasteiger partial charge < -0.3 is 0 Å². The second-order valence-corrected chi connectivity index (χ2v) is 1.16. The van der Waals surface area contributed by atoms with Gasteiger partial charge in [-0.3, -0.25) is 4.79 Å². The molecule has 0 saturated heterocycles. The van der Waals surface area contributed by atoms with E-state index in [4.69, 9.17) is 0 Å². The predicted molar refractivity (Wildman–Crippen MR) is 25.2 cm³/mol. The second-order valence-electron chi connectivity index (χ2n) is 1.16. The molecule has 0 aliphatic rings. The van der Waals surface area contributed by atoms with Gasteiger partial charge in [0.15, 0.2) is 6.29 Å². The van der Waals surface area contributed by atoms with E-state index in [0.717, 1.165) is 0 Å². The first-order chi connectivity index (χ1) is 3.93. The second kappa shape index (κ2) is 4.21. The van der Waals surface area contributed by atoms with E-state index >= 15 is 0 Å². The van der Waals surface area contributed by atoms with Crippen molar-refractivity contribution in [3.63, 3.8) is 0 Å². The fourth-order valence-corrected chi connectivity index (χ4v) is 0.313. The molecule has 0 radical (unpaired) electrons. The Morgan fingerprint density at radius 1 is 1.56 bits per heavy atom. The summed E-state index contributed by atoms with van der Waals surface area (Å²) in [6, 6.07) is 1.49. The van der Waals surface area contributed by atoms with Crippen LogP contribution in [0, 0.1) is 0 Å². The van der Waals surface area contributed by atoms with Crippen molar-refractivity contribution in [3.8, 4) is 0 Å². The van der Waals surface area contributed by atoms with Crippen LogP contribution in [0.2, 0.25) is 0 Å². The molecule has 0 N–H and O–H groups in total. The fourth-order valence-electron chi connectivity index (χ4n) is 0.313. The molecular weight excluding hydrogens is 171 g/mol. The van der Waals surface area contributed by atoms with Gasteiger partial charge in [0.05, 0.1) is 6.20 Å². The molecule has 0 aromatic carbocycles. The van der Waals surface area contributed by atoms with Crippen molar-refractivity contribution in [1.29, 1.82) is 0 Å². The van der Waals surface area contributed by atoms with Gasteiger partial charge in [0.25, 0.3) is 0 Å². The first kappa shape index (κ1) is 8.30. The molecule has 5 heteroatoms. The Kier molecular flexibility index (Phi) is 3.88. The molecule has 0 atom stereocenters. The molecule has 0 spiro atoms. The summed E-state index contributed by atoms with van der Waals surface area (Å²) < 4.78 is 0. The molecule has 1 aromatic rings. The summed E-state index contributed by atoms with van der Waals surface area (Å²) in [7, 11) is 0. The van der Waals surface area contributed by atoms with Crippen molar-refractivity contribution in [2.75, 3.05) is 0 Å². The van der Waals surface area contributed by atoms with Gasteiger partial charge in [-0.05, 0) is 11.3 Å². The number of carbonyl (C=O) groups is 1. The molecule has 9 heavy (non-hydrogen) atoms. The SMILES string of the molecule is O=Cc1ccnnn1.[Zn]. The predicted octanol–water partition coefficient (Wildman–Crippen LogP) is -0.318. The number of hydrogen-bond acceptors (Lipinski definition) is 4. The summed E-state index contributed by atoms with van der Waals surface area (Å²) >= 11 is 0. The number of aromatic nitrogens is 3. The molecule has 0 fully saturated rings. The Balaban J connectivity index is 0.000000640. The van der Waals surface area contributed by atoms with Crippen molar-refractivity contribution in [1.82, 2.24) is 15.4 Å². The molecule has 0 aliphatic heterocycles. The summed E-state index contributed by atoms with van der Waals surface area (Å²) in [6.45, 7) is 0. The van der Waals surface area contributed by atoms with E-state index in [9.17, 15) is 4.79 Å². The maximum absolute atomic E-state index is 9.88. The van der Waals surface area contributed by atoms with E-state index < -0.39 is 0 Å². The van der Waals surface area contributed by atoms with E-state index in [2.05, 4.69) is 15.4 Å². The van der Waals surface area contributed by atoms with Crippen LogP contribution >= 0.6 is 0 Å². The van der Waals surface area contributed by atoms with Gasteiger partial charge in [-0.15, -0.1) is 10.2 Å². The third-order valence-corrected chi connectivity index (χ3v) is 0.645. The van der Waals surface area contributed by atoms with Crippen LogP contribution in [0.15, 0.2) is 12.3 Å². The van der Waals surface area contributed by atoms with Gasteiger partial charge in [0.2, 0.25) is 0 Å². The summed E-state index contributed by atoms with van der Waals surface area (Å²) in [6.07, 6.45) is 2.03. The van der Waals surface area contributed by atoms with Crippen molar-refractivity contribution < 1.29 is 24.3 Å². The molecule has 0 unspecified atom stereocenters. The molecule has 0 amide bonds. The standard InChI is InChI=1S/C4H3N3O.Zn/c8-3-4-1-2-5-7-6-4;/h1-3H;. The maximum atomic E-state index is 9.88. The number of aldehydes is 1. The summed E-state index contributed by atoms with van der Waals surface area (Å²) in [4.78, 5) is 9.88. The molecule has 0 bridgehead atoms. The van der Waals surface area contributed by atoms with E-state index in [1.54, 1.807) is 0 Å². The quantitative estimate of drug-likeness (QED) is 0.433. The summed E-state index contributed by atoms with van der Waals surface area (Å²) in [5, 5.41) is 9.97. The molecule has 0 aliphatic carbocycles.